The monoisotopic (exact) mass is 471 g/mol. The maximum Gasteiger partial charge on any atom is 0.305 e. The van der Waals surface area contributed by atoms with Crippen molar-refractivity contribution in [3.05, 3.63) is 103 Å². The summed E-state index contributed by atoms with van der Waals surface area (Å²) >= 11 is 0. The van der Waals surface area contributed by atoms with Gasteiger partial charge in [-0.25, -0.2) is 13.4 Å². The van der Waals surface area contributed by atoms with Gasteiger partial charge >= 0.3 is 5.97 Å². The molecule has 34 heavy (non-hydrogen) atoms. The van der Waals surface area contributed by atoms with E-state index in [-0.39, 0.29) is 11.3 Å². The third-order valence-corrected chi connectivity index (χ3v) is 7.13. The van der Waals surface area contributed by atoms with Crippen LogP contribution in [0, 0.1) is 0 Å². The lowest BCUT2D eigenvalue weighted by atomic mass is 10.0. The first kappa shape index (κ1) is 21.7. The zero-order valence-electron chi connectivity index (χ0n) is 18.0. The van der Waals surface area contributed by atoms with Crippen LogP contribution in [0.3, 0.4) is 0 Å². The van der Waals surface area contributed by atoms with Crippen molar-refractivity contribution in [1.29, 1.82) is 0 Å². The molecule has 1 atom stereocenters. The molecule has 0 saturated heterocycles. The normalized spacial score (nSPS) is 12.6. The number of hydrogen-bond donors (Lipinski definition) is 2. The lowest BCUT2D eigenvalue weighted by molar-refractivity contribution is -0.137. The molecule has 0 bridgehead atoms. The summed E-state index contributed by atoms with van der Waals surface area (Å²) < 4.78 is 30.4. The number of nitrogens with one attached hydrogen (secondary N) is 1. The van der Waals surface area contributed by atoms with Crippen molar-refractivity contribution in [2.45, 2.75) is 17.4 Å². The summed E-state index contributed by atoms with van der Waals surface area (Å²) in [5, 5.41) is 11.3. The highest BCUT2D eigenvalue weighted by molar-refractivity contribution is 7.92. The molecule has 0 fully saturated rings. The van der Waals surface area contributed by atoms with Crippen molar-refractivity contribution in [2.75, 3.05) is 4.72 Å². The Kier molecular flexibility index (Phi) is 5.51. The average Bonchev–Trinajstić information content (AvgIpc) is 3.25. The maximum absolute atomic E-state index is 13.0. The van der Waals surface area contributed by atoms with Gasteiger partial charge < -0.3 is 9.67 Å². The standard InChI is InChI=1S/C26H21N3O4S/c30-26(31)16-25(19-7-2-1-3-8-19)29-17-27-23-15-21(11-13-24(23)29)28-34(32,33)22-12-10-18-6-4-5-9-20(18)14-22/h1-15,17,25,28H,16H2,(H,30,31). The van der Waals surface area contributed by atoms with Crippen LogP contribution in [0.1, 0.15) is 18.0 Å². The van der Waals surface area contributed by atoms with Crippen molar-refractivity contribution in [1.82, 2.24) is 9.55 Å². The molecule has 1 aromatic heterocycles. The van der Waals surface area contributed by atoms with Gasteiger partial charge in [-0.05, 0) is 46.7 Å². The minimum absolute atomic E-state index is 0.105. The Balaban J connectivity index is 1.47. The van der Waals surface area contributed by atoms with E-state index >= 15 is 0 Å². The van der Waals surface area contributed by atoms with Crippen LogP contribution in [0.15, 0.2) is 102 Å². The number of fused-ring (bicyclic) bond motifs is 2. The van der Waals surface area contributed by atoms with Crippen LogP contribution < -0.4 is 4.72 Å². The molecule has 0 radical (unpaired) electrons. The summed E-state index contributed by atoms with van der Waals surface area (Å²) in [5.74, 6) is -0.921. The second-order valence-corrected chi connectivity index (χ2v) is 9.68. The molecule has 0 aliphatic rings. The first-order valence-corrected chi connectivity index (χ1v) is 12.1. The summed E-state index contributed by atoms with van der Waals surface area (Å²) in [5.41, 5.74) is 2.50. The summed E-state index contributed by atoms with van der Waals surface area (Å²) in [6.45, 7) is 0. The average molecular weight is 472 g/mol. The third kappa shape index (κ3) is 4.23. The predicted octanol–water partition coefficient (Wildman–Crippen LogP) is 5.05. The molecule has 170 valence electrons. The van der Waals surface area contributed by atoms with E-state index in [0.29, 0.717) is 16.7 Å². The molecule has 1 heterocycles. The summed E-state index contributed by atoms with van der Waals surface area (Å²) in [6.07, 6.45) is 1.48. The van der Waals surface area contributed by atoms with Crippen molar-refractivity contribution in [2.24, 2.45) is 0 Å². The second-order valence-electron chi connectivity index (χ2n) is 7.99. The Morgan fingerprint density at radius 3 is 2.41 bits per heavy atom. The highest BCUT2D eigenvalue weighted by Crippen LogP contribution is 2.29. The third-order valence-electron chi connectivity index (χ3n) is 5.75. The highest BCUT2D eigenvalue weighted by atomic mass is 32.2. The van der Waals surface area contributed by atoms with Crippen LogP contribution in [0.25, 0.3) is 21.8 Å². The molecule has 4 aromatic carbocycles. The number of nitrogens with zero attached hydrogens (tertiary/aromatic N) is 2. The van der Waals surface area contributed by atoms with Gasteiger partial charge in [0.25, 0.3) is 10.0 Å². The van der Waals surface area contributed by atoms with Crippen LogP contribution in [0.4, 0.5) is 5.69 Å². The Bertz CT molecular complexity index is 1610. The number of carboxylic acid groups (broad SMARTS) is 1. The minimum atomic E-state index is -3.80. The van der Waals surface area contributed by atoms with Crippen LogP contribution in [0.2, 0.25) is 0 Å². The largest absolute Gasteiger partial charge is 0.481 e. The molecule has 7 nitrogen and oxygen atoms in total. The molecule has 5 rings (SSSR count). The number of rotatable bonds is 7. The molecule has 0 amide bonds. The Hall–Kier alpha value is -4.17. The predicted molar refractivity (Wildman–Crippen MR) is 131 cm³/mol. The van der Waals surface area contributed by atoms with Crippen LogP contribution in [-0.2, 0) is 14.8 Å². The van der Waals surface area contributed by atoms with Gasteiger partial charge in [0, 0.05) is 0 Å². The quantitative estimate of drug-likeness (QED) is 0.346. The number of benzene rings is 4. The molecule has 0 saturated carbocycles. The number of anilines is 1. The Labute approximate surface area is 196 Å². The van der Waals surface area contributed by atoms with Crippen molar-refractivity contribution < 1.29 is 18.3 Å². The highest BCUT2D eigenvalue weighted by Gasteiger charge is 2.20. The number of carbonyl (C=O) groups is 1. The topological polar surface area (TPSA) is 101 Å². The molecule has 0 aliphatic heterocycles. The number of aliphatic carboxylic acids is 1. The number of aromatic nitrogens is 2. The van der Waals surface area contributed by atoms with E-state index in [1.54, 1.807) is 47.3 Å². The molecule has 0 aliphatic carbocycles. The van der Waals surface area contributed by atoms with Crippen molar-refractivity contribution in [3.63, 3.8) is 0 Å². The fourth-order valence-corrected chi connectivity index (χ4v) is 5.19. The van der Waals surface area contributed by atoms with Gasteiger partial charge in [-0.3, -0.25) is 9.52 Å². The van der Waals surface area contributed by atoms with Gasteiger partial charge in [0.2, 0.25) is 0 Å². The van der Waals surface area contributed by atoms with E-state index in [4.69, 9.17) is 0 Å². The fourth-order valence-electron chi connectivity index (χ4n) is 4.11. The molecular formula is C26H21N3O4S. The minimum Gasteiger partial charge on any atom is -0.481 e. The lowest BCUT2D eigenvalue weighted by Crippen LogP contribution is -2.14. The molecule has 2 N–H and O–H groups in total. The summed E-state index contributed by atoms with van der Waals surface area (Å²) in [6, 6.07) is 26.5. The zero-order valence-corrected chi connectivity index (χ0v) is 18.8. The van der Waals surface area contributed by atoms with Crippen LogP contribution >= 0.6 is 0 Å². The molecule has 0 spiro atoms. The fraction of sp³-hybridized carbons (Fsp3) is 0.0769. The van der Waals surface area contributed by atoms with E-state index in [2.05, 4.69) is 9.71 Å². The molecule has 5 aromatic rings. The number of sulfonamides is 1. The lowest BCUT2D eigenvalue weighted by Gasteiger charge is -2.18. The molecular weight excluding hydrogens is 450 g/mol. The summed E-state index contributed by atoms with van der Waals surface area (Å²) in [7, 11) is -3.80. The van der Waals surface area contributed by atoms with Gasteiger partial charge in [-0.1, -0.05) is 60.7 Å². The number of imidazole rings is 1. The maximum atomic E-state index is 13.0. The Morgan fingerprint density at radius 1 is 0.912 bits per heavy atom. The van der Waals surface area contributed by atoms with Crippen LogP contribution in [-0.4, -0.2) is 29.0 Å². The molecule has 1 unspecified atom stereocenters. The first-order chi connectivity index (χ1) is 16.4. The van der Waals surface area contributed by atoms with E-state index < -0.39 is 22.0 Å². The molecule has 8 heteroatoms. The van der Waals surface area contributed by atoms with E-state index in [0.717, 1.165) is 16.3 Å². The zero-order chi connectivity index (χ0) is 23.7. The SMILES string of the molecule is O=C(O)CC(c1ccccc1)n1cnc2cc(NS(=O)(=O)c3ccc4ccccc4c3)ccc21. The smallest absolute Gasteiger partial charge is 0.305 e. The number of carboxylic acids is 1. The van der Waals surface area contributed by atoms with Gasteiger partial charge in [-0.15, -0.1) is 0 Å². The van der Waals surface area contributed by atoms with E-state index in [1.165, 1.54) is 0 Å². The van der Waals surface area contributed by atoms with Gasteiger partial charge in [0.15, 0.2) is 0 Å². The van der Waals surface area contributed by atoms with Gasteiger partial charge in [-0.2, -0.15) is 0 Å². The van der Waals surface area contributed by atoms with E-state index in [9.17, 15) is 18.3 Å². The first-order valence-electron chi connectivity index (χ1n) is 10.7. The van der Waals surface area contributed by atoms with E-state index in [1.807, 2.05) is 54.6 Å². The van der Waals surface area contributed by atoms with Gasteiger partial charge in [0.1, 0.15) is 0 Å². The van der Waals surface area contributed by atoms with Gasteiger partial charge in [0.05, 0.1) is 40.4 Å². The van der Waals surface area contributed by atoms with Crippen molar-refractivity contribution >= 4 is 43.5 Å². The van der Waals surface area contributed by atoms with Crippen molar-refractivity contribution in [3.8, 4) is 0 Å². The number of hydrogen-bond acceptors (Lipinski definition) is 4. The summed E-state index contributed by atoms with van der Waals surface area (Å²) in [4.78, 5) is 16.1. The second kappa shape index (κ2) is 8.64. The Morgan fingerprint density at radius 2 is 1.65 bits per heavy atom. The van der Waals surface area contributed by atoms with Crippen LogP contribution in [0.5, 0.6) is 0 Å².